The first kappa shape index (κ1) is 12.4. The van der Waals surface area contributed by atoms with E-state index < -0.39 is 0 Å². The van der Waals surface area contributed by atoms with Crippen LogP contribution in [-0.4, -0.2) is 36.6 Å². The number of nitrogens with zero attached hydrogens (tertiary/aromatic N) is 1. The van der Waals surface area contributed by atoms with Crippen molar-refractivity contribution in [3.05, 3.63) is 0 Å². The normalized spacial score (nSPS) is 30.0. The van der Waals surface area contributed by atoms with Crippen molar-refractivity contribution >= 4 is 0 Å². The molecule has 0 radical (unpaired) electrons. The van der Waals surface area contributed by atoms with Gasteiger partial charge in [0.1, 0.15) is 0 Å². The Hall–Kier alpha value is -0.0800. The van der Waals surface area contributed by atoms with Crippen LogP contribution in [0.5, 0.6) is 0 Å². The summed E-state index contributed by atoms with van der Waals surface area (Å²) in [6.07, 6.45) is 8.35. The van der Waals surface area contributed by atoms with Crippen molar-refractivity contribution in [1.29, 1.82) is 0 Å². The van der Waals surface area contributed by atoms with Crippen molar-refractivity contribution in [1.82, 2.24) is 10.2 Å². The zero-order chi connectivity index (χ0) is 11.4. The quantitative estimate of drug-likeness (QED) is 0.772. The van der Waals surface area contributed by atoms with E-state index in [4.69, 9.17) is 0 Å². The third-order valence-electron chi connectivity index (χ3n) is 4.19. The summed E-state index contributed by atoms with van der Waals surface area (Å²) < 4.78 is 0. The second-order valence-electron chi connectivity index (χ2n) is 5.76. The summed E-state index contributed by atoms with van der Waals surface area (Å²) in [4.78, 5) is 2.64. The van der Waals surface area contributed by atoms with Gasteiger partial charge in [-0.15, -0.1) is 0 Å². The second kappa shape index (κ2) is 6.02. The van der Waals surface area contributed by atoms with Gasteiger partial charge in [-0.2, -0.15) is 0 Å². The van der Waals surface area contributed by atoms with Gasteiger partial charge in [-0.3, -0.25) is 0 Å². The van der Waals surface area contributed by atoms with E-state index in [2.05, 4.69) is 24.1 Å². The van der Waals surface area contributed by atoms with Crippen LogP contribution in [0.4, 0.5) is 0 Å². The van der Waals surface area contributed by atoms with Gasteiger partial charge in [0.25, 0.3) is 0 Å². The molecule has 1 saturated carbocycles. The lowest BCUT2D eigenvalue weighted by Gasteiger charge is -2.22. The third kappa shape index (κ3) is 3.74. The summed E-state index contributed by atoms with van der Waals surface area (Å²) in [6.45, 7) is 8.60. The van der Waals surface area contributed by atoms with Crippen LogP contribution >= 0.6 is 0 Å². The molecule has 0 amide bonds. The molecule has 1 aliphatic heterocycles. The lowest BCUT2D eigenvalue weighted by atomic mass is 10.1. The molecule has 2 heteroatoms. The Kier molecular flexibility index (Phi) is 4.66. The van der Waals surface area contributed by atoms with E-state index in [-0.39, 0.29) is 0 Å². The lowest BCUT2D eigenvalue weighted by molar-refractivity contribution is 0.280. The zero-order valence-corrected chi connectivity index (χ0v) is 11.0. The number of likely N-dealkylation sites (tertiary alicyclic amines) is 1. The Morgan fingerprint density at radius 3 is 2.69 bits per heavy atom. The molecule has 0 bridgehead atoms. The van der Waals surface area contributed by atoms with E-state index in [0.717, 1.165) is 18.0 Å². The summed E-state index contributed by atoms with van der Waals surface area (Å²) in [5, 5.41) is 3.86. The summed E-state index contributed by atoms with van der Waals surface area (Å²) in [5.41, 5.74) is 0. The molecule has 2 aliphatic rings. The molecule has 2 unspecified atom stereocenters. The Morgan fingerprint density at radius 1 is 1.19 bits per heavy atom. The third-order valence-corrected chi connectivity index (χ3v) is 4.19. The van der Waals surface area contributed by atoms with Gasteiger partial charge >= 0.3 is 0 Å². The van der Waals surface area contributed by atoms with Gasteiger partial charge in [-0.1, -0.05) is 6.92 Å². The number of hydrogen-bond donors (Lipinski definition) is 1. The van der Waals surface area contributed by atoms with Crippen LogP contribution in [0.15, 0.2) is 0 Å². The van der Waals surface area contributed by atoms with Crippen molar-refractivity contribution in [2.75, 3.05) is 19.6 Å². The average molecular weight is 224 g/mol. The molecule has 2 atom stereocenters. The molecule has 1 saturated heterocycles. The predicted molar refractivity (Wildman–Crippen MR) is 69.7 cm³/mol. The highest BCUT2D eigenvalue weighted by Crippen LogP contribution is 2.32. The first-order valence-electron chi connectivity index (χ1n) is 7.28. The van der Waals surface area contributed by atoms with Crippen LogP contribution in [0, 0.1) is 5.92 Å². The number of hydrogen-bond acceptors (Lipinski definition) is 2. The average Bonchev–Trinajstić information content (AvgIpc) is 3.06. The van der Waals surface area contributed by atoms with E-state index in [1.807, 2.05) is 0 Å². The zero-order valence-electron chi connectivity index (χ0n) is 11.0. The first-order chi connectivity index (χ1) is 7.79. The van der Waals surface area contributed by atoms with Gasteiger partial charge in [0.05, 0.1) is 0 Å². The largest absolute Gasteiger partial charge is 0.311 e. The number of nitrogens with one attached hydrogen (secondary N) is 1. The second-order valence-corrected chi connectivity index (χ2v) is 5.76. The van der Waals surface area contributed by atoms with Crippen molar-refractivity contribution in [2.45, 2.75) is 64.5 Å². The SMILES string of the molecule is CCCN1CCCC(NC(C)C2CC2)CC1. The molecule has 1 aliphatic carbocycles. The van der Waals surface area contributed by atoms with E-state index in [1.165, 1.54) is 58.2 Å². The molecule has 0 aromatic heterocycles. The minimum Gasteiger partial charge on any atom is -0.311 e. The van der Waals surface area contributed by atoms with E-state index in [1.54, 1.807) is 0 Å². The molecule has 2 fully saturated rings. The highest BCUT2D eigenvalue weighted by molar-refractivity contribution is 4.86. The van der Waals surface area contributed by atoms with Crippen molar-refractivity contribution in [2.24, 2.45) is 5.92 Å². The van der Waals surface area contributed by atoms with E-state index in [9.17, 15) is 0 Å². The predicted octanol–water partition coefficient (Wildman–Crippen LogP) is 2.64. The topological polar surface area (TPSA) is 15.3 Å². The van der Waals surface area contributed by atoms with Crippen LogP contribution in [0.2, 0.25) is 0 Å². The van der Waals surface area contributed by atoms with Gasteiger partial charge in [0.15, 0.2) is 0 Å². The Bertz CT molecular complexity index is 201. The van der Waals surface area contributed by atoms with Crippen LogP contribution in [-0.2, 0) is 0 Å². The van der Waals surface area contributed by atoms with Gasteiger partial charge in [-0.25, -0.2) is 0 Å². The Labute approximate surface area is 101 Å². The molecule has 2 nitrogen and oxygen atoms in total. The van der Waals surface area contributed by atoms with Crippen LogP contribution in [0.1, 0.15) is 52.4 Å². The minimum atomic E-state index is 0.766. The van der Waals surface area contributed by atoms with Crippen LogP contribution in [0.25, 0.3) is 0 Å². The number of rotatable bonds is 5. The summed E-state index contributed by atoms with van der Waals surface area (Å²) >= 11 is 0. The molecule has 16 heavy (non-hydrogen) atoms. The molecule has 0 spiro atoms. The molecule has 1 heterocycles. The monoisotopic (exact) mass is 224 g/mol. The molecule has 2 rings (SSSR count). The van der Waals surface area contributed by atoms with Crippen LogP contribution in [0.3, 0.4) is 0 Å². The van der Waals surface area contributed by atoms with E-state index >= 15 is 0 Å². The summed E-state index contributed by atoms with van der Waals surface area (Å²) in [5.74, 6) is 0.995. The standard InChI is InChI=1S/C14H28N2/c1-3-9-16-10-4-5-14(8-11-16)15-12(2)13-6-7-13/h12-15H,3-11H2,1-2H3. The lowest BCUT2D eigenvalue weighted by Crippen LogP contribution is -2.38. The highest BCUT2D eigenvalue weighted by atomic mass is 15.1. The maximum atomic E-state index is 3.86. The van der Waals surface area contributed by atoms with Crippen molar-refractivity contribution in [3.63, 3.8) is 0 Å². The first-order valence-corrected chi connectivity index (χ1v) is 7.28. The molecular weight excluding hydrogens is 196 g/mol. The fraction of sp³-hybridized carbons (Fsp3) is 1.00. The summed E-state index contributed by atoms with van der Waals surface area (Å²) in [6, 6.07) is 1.56. The summed E-state index contributed by atoms with van der Waals surface area (Å²) in [7, 11) is 0. The molecule has 94 valence electrons. The maximum absolute atomic E-state index is 3.86. The minimum absolute atomic E-state index is 0.766. The fourth-order valence-corrected chi connectivity index (χ4v) is 2.97. The highest BCUT2D eigenvalue weighted by Gasteiger charge is 2.29. The molecule has 0 aromatic rings. The fourth-order valence-electron chi connectivity index (χ4n) is 2.97. The van der Waals surface area contributed by atoms with Gasteiger partial charge < -0.3 is 10.2 Å². The maximum Gasteiger partial charge on any atom is 0.00823 e. The van der Waals surface area contributed by atoms with Crippen LogP contribution < -0.4 is 5.32 Å². The Balaban J connectivity index is 1.70. The molecule has 0 aromatic carbocycles. The Morgan fingerprint density at radius 2 is 2.00 bits per heavy atom. The van der Waals surface area contributed by atoms with Gasteiger partial charge in [0, 0.05) is 12.1 Å². The van der Waals surface area contributed by atoms with Crippen molar-refractivity contribution < 1.29 is 0 Å². The smallest absolute Gasteiger partial charge is 0.00823 e. The van der Waals surface area contributed by atoms with Gasteiger partial charge in [-0.05, 0) is 71.0 Å². The van der Waals surface area contributed by atoms with E-state index in [0.29, 0.717) is 0 Å². The molecule has 1 N–H and O–H groups in total. The van der Waals surface area contributed by atoms with Crippen molar-refractivity contribution in [3.8, 4) is 0 Å². The van der Waals surface area contributed by atoms with Gasteiger partial charge in [0.2, 0.25) is 0 Å². The molecular formula is C14H28N2.